The third-order valence-electron chi connectivity index (χ3n) is 7.04. The molecule has 9 heteroatoms. The van der Waals surface area contributed by atoms with Crippen LogP contribution in [0.3, 0.4) is 0 Å². The summed E-state index contributed by atoms with van der Waals surface area (Å²) in [6, 6.07) is 7.00. The molecule has 0 radical (unpaired) electrons. The van der Waals surface area contributed by atoms with Gasteiger partial charge in [0.2, 0.25) is 0 Å². The number of aryl methyl sites for hydroxylation is 2. The zero-order valence-electron chi connectivity index (χ0n) is 18.8. The van der Waals surface area contributed by atoms with E-state index in [1.165, 1.54) is 6.07 Å². The van der Waals surface area contributed by atoms with Gasteiger partial charge in [0, 0.05) is 62.4 Å². The van der Waals surface area contributed by atoms with Crippen LogP contribution in [0.1, 0.15) is 16.8 Å². The fraction of sp³-hybridized carbons (Fsp3) is 0.440. The fourth-order valence-corrected chi connectivity index (χ4v) is 5.36. The molecule has 34 heavy (non-hydrogen) atoms. The van der Waals surface area contributed by atoms with Crippen molar-refractivity contribution in [2.24, 2.45) is 5.92 Å². The minimum absolute atomic E-state index is 0.0521. The number of aliphatic hydroxyl groups excluding tert-OH is 1. The zero-order chi connectivity index (χ0) is 23.2. The summed E-state index contributed by atoms with van der Waals surface area (Å²) >= 11 is 0. The average Bonchev–Trinajstić information content (AvgIpc) is 3.44. The van der Waals surface area contributed by atoms with E-state index in [2.05, 4.69) is 15.2 Å². The summed E-state index contributed by atoms with van der Waals surface area (Å²) in [4.78, 5) is 19.6. The number of aliphatic hydroxyl groups is 1. The van der Waals surface area contributed by atoms with Crippen molar-refractivity contribution in [1.82, 2.24) is 19.8 Å². The summed E-state index contributed by atoms with van der Waals surface area (Å²) in [5, 5.41) is 14.9. The smallest absolute Gasteiger partial charge is 0.255 e. The predicted octanol–water partition coefficient (Wildman–Crippen LogP) is 1.45. The number of halogens is 1. The van der Waals surface area contributed by atoms with Crippen LogP contribution >= 0.6 is 0 Å². The molecule has 3 aliphatic rings. The van der Waals surface area contributed by atoms with Gasteiger partial charge in [0.05, 0.1) is 23.5 Å². The van der Waals surface area contributed by atoms with Crippen LogP contribution in [-0.2, 0) is 26.1 Å². The lowest BCUT2D eigenvalue weighted by atomic mass is 10.1. The first-order chi connectivity index (χ1) is 16.6. The van der Waals surface area contributed by atoms with Crippen molar-refractivity contribution in [1.29, 1.82) is 0 Å². The number of hydrogen-bond acceptors (Lipinski definition) is 7. The van der Waals surface area contributed by atoms with Crippen LogP contribution in [0.4, 0.5) is 4.39 Å². The first kappa shape index (κ1) is 21.5. The monoisotopic (exact) mass is 466 g/mol. The van der Waals surface area contributed by atoms with Crippen LogP contribution in [0.15, 0.2) is 35.3 Å². The maximum Gasteiger partial charge on any atom is 0.255 e. The Hall–Kier alpha value is -3.01. The molecule has 0 unspecified atom stereocenters. The molecule has 2 atom stereocenters. The van der Waals surface area contributed by atoms with E-state index in [0.29, 0.717) is 81.5 Å². The molecule has 5 heterocycles. The highest BCUT2D eigenvalue weighted by atomic mass is 19.1. The van der Waals surface area contributed by atoms with Crippen LogP contribution in [-0.4, -0.2) is 58.5 Å². The number of aromatic nitrogens is 2. The van der Waals surface area contributed by atoms with E-state index in [4.69, 9.17) is 9.47 Å². The molecular weight excluding hydrogens is 439 g/mol. The Kier molecular flexibility index (Phi) is 5.47. The zero-order valence-corrected chi connectivity index (χ0v) is 18.8. The lowest BCUT2D eigenvalue weighted by molar-refractivity contribution is 0.140. The molecule has 8 nitrogen and oxygen atoms in total. The van der Waals surface area contributed by atoms with Gasteiger partial charge in [0.15, 0.2) is 11.5 Å². The minimum Gasteiger partial charge on any atom is -0.486 e. The lowest BCUT2D eigenvalue weighted by Crippen LogP contribution is -2.30. The van der Waals surface area contributed by atoms with E-state index < -0.39 is 6.10 Å². The quantitative estimate of drug-likeness (QED) is 0.569. The van der Waals surface area contributed by atoms with Gasteiger partial charge in [-0.05, 0) is 30.0 Å². The van der Waals surface area contributed by atoms with E-state index in [-0.39, 0.29) is 17.3 Å². The molecule has 0 spiro atoms. The SMILES string of the molecule is O=c1c(CN2C[C@H](CNCc3cc4c(cn3)OCCO4)[C@H](O)C2)cc2ccc(F)c3c2n1CC3. The molecule has 1 aromatic carbocycles. The summed E-state index contributed by atoms with van der Waals surface area (Å²) in [6.07, 6.45) is 1.76. The molecule has 1 saturated heterocycles. The summed E-state index contributed by atoms with van der Waals surface area (Å²) in [5.41, 5.74) is 2.85. The normalized spacial score (nSPS) is 21.5. The second kappa shape index (κ2) is 8.65. The highest BCUT2D eigenvalue weighted by Crippen LogP contribution is 2.30. The molecule has 0 aliphatic carbocycles. The molecule has 6 rings (SSSR count). The van der Waals surface area contributed by atoms with E-state index in [1.807, 2.05) is 12.1 Å². The van der Waals surface area contributed by atoms with E-state index in [1.54, 1.807) is 16.8 Å². The van der Waals surface area contributed by atoms with Gasteiger partial charge in [-0.25, -0.2) is 4.39 Å². The average molecular weight is 467 g/mol. The Bertz CT molecular complexity index is 1310. The van der Waals surface area contributed by atoms with Crippen molar-refractivity contribution in [2.75, 3.05) is 32.8 Å². The summed E-state index contributed by atoms with van der Waals surface area (Å²) in [5.74, 6) is 1.19. The lowest BCUT2D eigenvalue weighted by Gasteiger charge is -2.19. The van der Waals surface area contributed by atoms with Crippen LogP contribution < -0.4 is 20.3 Å². The van der Waals surface area contributed by atoms with E-state index in [9.17, 15) is 14.3 Å². The highest BCUT2D eigenvalue weighted by molar-refractivity contribution is 5.84. The van der Waals surface area contributed by atoms with Crippen molar-refractivity contribution in [2.45, 2.75) is 32.2 Å². The number of β-amino-alcohol motifs (C(OH)–C–C–N with tert-alkyl or cyclic N) is 1. The van der Waals surface area contributed by atoms with Gasteiger partial charge in [-0.1, -0.05) is 0 Å². The van der Waals surface area contributed by atoms with Gasteiger partial charge in [-0.2, -0.15) is 0 Å². The van der Waals surface area contributed by atoms with Gasteiger partial charge in [0.1, 0.15) is 19.0 Å². The predicted molar refractivity (Wildman–Crippen MR) is 124 cm³/mol. The van der Waals surface area contributed by atoms with Crippen molar-refractivity contribution in [3.05, 3.63) is 63.5 Å². The molecule has 0 bridgehead atoms. The first-order valence-corrected chi connectivity index (χ1v) is 11.8. The van der Waals surface area contributed by atoms with Gasteiger partial charge in [-0.15, -0.1) is 0 Å². The summed E-state index contributed by atoms with van der Waals surface area (Å²) in [6.45, 7) is 4.46. The molecular formula is C25H27FN4O4. The molecule has 1 fully saturated rings. The Morgan fingerprint density at radius 2 is 2.03 bits per heavy atom. The van der Waals surface area contributed by atoms with Gasteiger partial charge < -0.3 is 24.5 Å². The number of benzene rings is 1. The molecule has 178 valence electrons. The highest BCUT2D eigenvalue weighted by Gasteiger charge is 2.32. The van der Waals surface area contributed by atoms with Crippen LogP contribution in [0, 0.1) is 11.7 Å². The number of ether oxygens (including phenoxy) is 2. The molecule has 0 amide bonds. The molecule has 2 N–H and O–H groups in total. The van der Waals surface area contributed by atoms with Crippen molar-refractivity contribution < 1.29 is 19.0 Å². The van der Waals surface area contributed by atoms with Crippen LogP contribution in [0.5, 0.6) is 11.5 Å². The van der Waals surface area contributed by atoms with Gasteiger partial charge in [0.25, 0.3) is 5.56 Å². The second-order valence-corrected chi connectivity index (χ2v) is 9.31. The second-order valence-electron chi connectivity index (χ2n) is 9.31. The molecule has 2 aromatic heterocycles. The van der Waals surface area contributed by atoms with Crippen LogP contribution in [0.25, 0.3) is 10.9 Å². The Labute approximate surface area is 195 Å². The maximum atomic E-state index is 14.1. The minimum atomic E-state index is -0.472. The number of pyridine rings is 2. The third-order valence-corrected chi connectivity index (χ3v) is 7.04. The molecule has 0 saturated carbocycles. The number of likely N-dealkylation sites (tertiary alicyclic amines) is 1. The molecule has 3 aliphatic heterocycles. The molecule has 3 aromatic rings. The summed E-state index contributed by atoms with van der Waals surface area (Å²) in [7, 11) is 0. The van der Waals surface area contributed by atoms with Crippen molar-refractivity contribution >= 4 is 10.9 Å². The number of hydrogen-bond donors (Lipinski definition) is 2. The first-order valence-electron chi connectivity index (χ1n) is 11.8. The fourth-order valence-electron chi connectivity index (χ4n) is 5.36. The van der Waals surface area contributed by atoms with Crippen molar-refractivity contribution in [3.8, 4) is 11.5 Å². The largest absolute Gasteiger partial charge is 0.486 e. The Morgan fingerprint density at radius 1 is 1.18 bits per heavy atom. The Morgan fingerprint density at radius 3 is 2.91 bits per heavy atom. The van der Waals surface area contributed by atoms with E-state index in [0.717, 1.165) is 16.6 Å². The standard InChI is InChI=1S/C25H27FN4O4/c26-20-2-1-15-7-16(25(32)30-4-3-19(20)24(15)30)12-29-13-17(21(31)14-29)9-27-10-18-8-22-23(11-28-18)34-6-5-33-22/h1-2,7-8,11,17,21,27,31H,3-6,9-10,12-14H2/t17-,21+/m0/s1. The topological polar surface area (TPSA) is 88.9 Å². The number of fused-ring (bicyclic) bond motifs is 1. The van der Waals surface area contributed by atoms with E-state index >= 15 is 0 Å². The van der Waals surface area contributed by atoms with Crippen molar-refractivity contribution in [3.63, 3.8) is 0 Å². The number of nitrogens with zero attached hydrogens (tertiary/aromatic N) is 3. The number of nitrogens with one attached hydrogen (secondary N) is 1. The third kappa shape index (κ3) is 3.83. The van der Waals surface area contributed by atoms with Gasteiger partial charge in [-0.3, -0.25) is 14.7 Å². The summed E-state index contributed by atoms with van der Waals surface area (Å²) < 4.78 is 26.9. The number of rotatable bonds is 6. The Balaban J connectivity index is 1.09. The maximum absolute atomic E-state index is 14.1. The van der Waals surface area contributed by atoms with Crippen LogP contribution in [0.2, 0.25) is 0 Å². The van der Waals surface area contributed by atoms with Gasteiger partial charge >= 0.3 is 0 Å².